The monoisotopic (exact) mass is 156 g/mol. The Bertz CT molecular complexity index is 78.1. The molecule has 0 heterocycles. The van der Waals surface area contributed by atoms with E-state index in [1.54, 1.807) is 0 Å². The average molecular weight is 156 g/mol. The Morgan fingerprint density at radius 2 is 2.11 bits per heavy atom. The van der Waals surface area contributed by atoms with E-state index in [0.29, 0.717) is 6.42 Å². The second-order valence-electron chi connectivity index (χ2n) is 1.85. The number of aliphatic carboxylic acids is 1. The number of hydrogen-bond donors (Lipinski definition) is 1. The molecule has 0 amide bonds. The van der Waals surface area contributed by atoms with Crippen LogP contribution in [-0.4, -0.2) is 11.1 Å². The van der Waals surface area contributed by atoms with Crippen molar-refractivity contribution in [2.75, 3.05) is 0 Å². The maximum absolute atomic E-state index is 9.87. The molecule has 0 aromatic heterocycles. The molecule has 0 aliphatic carbocycles. The van der Waals surface area contributed by atoms with Crippen LogP contribution < -0.4 is 51.4 Å². The molecular weight excluding hydrogens is 143 g/mol. The van der Waals surface area contributed by atoms with Crippen molar-refractivity contribution in [2.24, 2.45) is 0 Å². The Morgan fingerprint density at radius 3 is 2.44 bits per heavy atom. The third kappa shape index (κ3) is 12.3. The molecule has 1 N–H and O–H groups in total. The Kier molecular flexibility index (Phi) is 12.9. The molecule has 0 aliphatic heterocycles. The van der Waals surface area contributed by atoms with E-state index < -0.39 is 5.97 Å². The molecule has 0 saturated carbocycles. The fourth-order valence-electron chi connectivity index (χ4n) is 0.526. The second kappa shape index (κ2) is 9.11. The van der Waals surface area contributed by atoms with Crippen molar-refractivity contribution in [2.45, 2.75) is 32.6 Å². The van der Waals surface area contributed by atoms with Crippen molar-refractivity contribution in [1.82, 2.24) is 0 Å². The number of unbranched alkanes of at least 4 members (excludes halogenated alkanes) is 2. The van der Waals surface area contributed by atoms with E-state index in [-0.39, 0.29) is 52.8 Å². The molecule has 3 heteroatoms. The molecule has 0 spiro atoms. The maximum atomic E-state index is 9.87. The average Bonchev–Trinajstić information content (AvgIpc) is 1.66. The fraction of sp³-hybridized carbons (Fsp3) is 0.833. The Morgan fingerprint density at radius 1 is 1.56 bits per heavy atom. The van der Waals surface area contributed by atoms with Gasteiger partial charge in [0.1, 0.15) is 0 Å². The molecule has 0 aliphatic rings. The largest absolute Gasteiger partial charge is 1.00 e. The van der Waals surface area contributed by atoms with Gasteiger partial charge in [-0.15, -0.1) is 0 Å². The number of carbonyl (C=O) groups is 1. The minimum absolute atomic E-state index is 0. The summed E-state index contributed by atoms with van der Waals surface area (Å²) in [5.41, 5.74) is 0. The number of carboxylic acids is 1. The van der Waals surface area contributed by atoms with Gasteiger partial charge in [0.25, 0.3) is 0 Å². The van der Waals surface area contributed by atoms with E-state index in [9.17, 15) is 4.79 Å². The maximum Gasteiger partial charge on any atom is 1.00 e. The molecule has 0 aromatic carbocycles. The molecule has 0 radical (unpaired) electrons. The summed E-state index contributed by atoms with van der Waals surface area (Å²) in [6.07, 6.45) is 3.28. The molecule has 0 saturated heterocycles. The van der Waals surface area contributed by atoms with Gasteiger partial charge < -0.3 is 6.53 Å². The fourth-order valence-corrected chi connectivity index (χ4v) is 0.526. The van der Waals surface area contributed by atoms with Gasteiger partial charge in [0.05, 0.1) is 0 Å². The first-order valence-electron chi connectivity index (χ1n) is 2.99. The van der Waals surface area contributed by atoms with Gasteiger partial charge in [-0.25, -0.2) is 0 Å². The van der Waals surface area contributed by atoms with Gasteiger partial charge in [-0.1, -0.05) is 19.8 Å². The van der Waals surface area contributed by atoms with Crippen molar-refractivity contribution in [3.05, 3.63) is 0 Å². The van der Waals surface area contributed by atoms with Crippen LogP contribution in [-0.2, 0) is 4.79 Å². The minimum Gasteiger partial charge on any atom is -1.00 e. The zero-order valence-electron chi connectivity index (χ0n) is 7.18. The van der Waals surface area contributed by atoms with Crippen LogP contribution in [0, 0.1) is 0 Å². The van der Waals surface area contributed by atoms with Gasteiger partial charge >= 0.3 is 57.4 Å². The van der Waals surface area contributed by atoms with Crippen LogP contribution in [0.2, 0.25) is 0 Å². The third-order valence-corrected chi connectivity index (χ3v) is 0.994. The van der Waals surface area contributed by atoms with Gasteiger partial charge in [0.2, 0.25) is 0 Å². The smallest absolute Gasteiger partial charge is 1.00 e. The normalized spacial score (nSPS) is 8.11. The predicted molar refractivity (Wildman–Crippen MR) is 32.9 cm³/mol. The van der Waals surface area contributed by atoms with Crippen molar-refractivity contribution in [3.63, 3.8) is 0 Å². The Balaban J connectivity index is -0.000000245. The summed E-state index contributed by atoms with van der Waals surface area (Å²) in [6.45, 7) is 2.06. The minimum atomic E-state index is -0.682. The van der Waals surface area contributed by atoms with Crippen molar-refractivity contribution in [1.29, 1.82) is 0 Å². The number of carboxylic acid groups (broad SMARTS) is 1. The number of rotatable bonds is 4. The second-order valence-corrected chi connectivity index (χ2v) is 1.85. The summed E-state index contributed by atoms with van der Waals surface area (Å²) in [4.78, 5) is 9.87. The van der Waals surface area contributed by atoms with Gasteiger partial charge in [-0.2, -0.15) is 0 Å². The molecule has 0 bridgehead atoms. The van der Waals surface area contributed by atoms with Crippen molar-refractivity contribution in [3.8, 4) is 0 Å². The quantitative estimate of drug-likeness (QED) is 0.409. The zero-order valence-corrected chi connectivity index (χ0v) is 9.31. The van der Waals surface area contributed by atoms with Crippen LogP contribution in [0.5, 0.6) is 0 Å². The Labute approximate surface area is 99.9 Å². The first kappa shape index (κ1) is 12.8. The topological polar surface area (TPSA) is 37.3 Å². The summed E-state index contributed by atoms with van der Waals surface area (Å²) < 4.78 is 0. The summed E-state index contributed by atoms with van der Waals surface area (Å²) >= 11 is 0. The predicted octanol–water partition coefficient (Wildman–Crippen LogP) is -1.23. The van der Waals surface area contributed by atoms with E-state index in [1.807, 2.05) is 0 Å². The molecule has 0 unspecified atom stereocenters. The van der Waals surface area contributed by atoms with Gasteiger partial charge in [-0.3, -0.25) is 4.79 Å². The molecule has 0 fully saturated rings. The molecular formula is C6H13KO2. The SMILES string of the molecule is CCCCCC(=O)O.[H-].[K+]. The summed E-state index contributed by atoms with van der Waals surface area (Å²) in [7, 11) is 0. The molecule has 2 nitrogen and oxygen atoms in total. The van der Waals surface area contributed by atoms with Crippen LogP contribution in [0.3, 0.4) is 0 Å². The van der Waals surface area contributed by atoms with Gasteiger partial charge in [0, 0.05) is 6.42 Å². The third-order valence-electron chi connectivity index (χ3n) is 0.994. The van der Waals surface area contributed by atoms with Gasteiger partial charge in [0.15, 0.2) is 0 Å². The van der Waals surface area contributed by atoms with Crippen molar-refractivity contribution >= 4 is 5.97 Å². The number of hydrogen-bond acceptors (Lipinski definition) is 1. The van der Waals surface area contributed by atoms with E-state index in [2.05, 4.69) is 6.92 Å². The molecule has 0 aromatic rings. The first-order chi connectivity index (χ1) is 3.77. The molecule has 9 heavy (non-hydrogen) atoms. The standard InChI is InChI=1S/C6H12O2.K.H/c1-2-3-4-5-6(7)8;;/h2-5H2,1H3,(H,7,8);;/q;+1;-1. The molecule has 0 rings (SSSR count). The van der Waals surface area contributed by atoms with Crippen LogP contribution in [0.1, 0.15) is 34.0 Å². The molecule has 0 atom stereocenters. The molecule has 50 valence electrons. The van der Waals surface area contributed by atoms with E-state index >= 15 is 0 Å². The summed E-state index contributed by atoms with van der Waals surface area (Å²) in [6, 6.07) is 0. The van der Waals surface area contributed by atoms with E-state index in [4.69, 9.17) is 5.11 Å². The van der Waals surface area contributed by atoms with Crippen LogP contribution in [0.25, 0.3) is 0 Å². The van der Waals surface area contributed by atoms with Crippen LogP contribution in [0.15, 0.2) is 0 Å². The van der Waals surface area contributed by atoms with Gasteiger partial charge in [-0.05, 0) is 6.42 Å². The Hall–Kier alpha value is 1.11. The summed E-state index contributed by atoms with van der Waals surface area (Å²) in [5, 5.41) is 8.14. The summed E-state index contributed by atoms with van der Waals surface area (Å²) in [5.74, 6) is -0.682. The van der Waals surface area contributed by atoms with E-state index in [0.717, 1.165) is 19.3 Å². The zero-order chi connectivity index (χ0) is 6.41. The van der Waals surface area contributed by atoms with Crippen LogP contribution in [0.4, 0.5) is 0 Å². The van der Waals surface area contributed by atoms with E-state index in [1.165, 1.54) is 0 Å². The first-order valence-corrected chi connectivity index (χ1v) is 2.99. The van der Waals surface area contributed by atoms with Crippen LogP contribution >= 0.6 is 0 Å². The van der Waals surface area contributed by atoms with Crippen molar-refractivity contribution < 1.29 is 62.7 Å².